The summed E-state index contributed by atoms with van der Waals surface area (Å²) in [4.78, 5) is 48.0. The number of carbonyl (C=O) groups excluding carboxylic acids is 3. The highest BCUT2D eigenvalue weighted by molar-refractivity contribution is 7.52. The summed E-state index contributed by atoms with van der Waals surface area (Å²) in [6.45, 7) is 17.3. The summed E-state index contributed by atoms with van der Waals surface area (Å²) in [6.07, 6.45) is -0.428. The molecule has 0 bridgehead atoms. The van der Waals surface area contributed by atoms with Crippen molar-refractivity contribution in [1.82, 2.24) is 19.7 Å². The van der Waals surface area contributed by atoms with Gasteiger partial charge in [0.15, 0.2) is 23.6 Å². The molecular weight excluding hydrogens is 731 g/mol. The third-order valence-electron chi connectivity index (χ3n) is 9.58. The van der Waals surface area contributed by atoms with Gasteiger partial charge in [0.25, 0.3) is 0 Å². The Kier molecular flexibility index (Phi) is 12.7. The molecule has 2 aromatic heterocycles. The lowest BCUT2D eigenvalue weighted by molar-refractivity contribution is -0.175. The van der Waals surface area contributed by atoms with Gasteiger partial charge in [0.2, 0.25) is 0 Å². The van der Waals surface area contributed by atoms with E-state index >= 15 is 0 Å². The summed E-state index contributed by atoms with van der Waals surface area (Å²) in [5.74, 6) is -2.67. The molecule has 55 heavy (non-hydrogen) atoms. The second kappa shape index (κ2) is 16.8. The minimum absolute atomic E-state index is 0.162. The molecule has 1 aromatic carbocycles. The highest BCUT2D eigenvalue weighted by Crippen LogP contribution is 2.49. The maximum absolute atomic E-state index is 14.7. The molecule has 3 heterocycles. The van der Waals surface area contributed by atoms with Gasteiger partial charge in [-0.25, -0.2) is 14.1 Å². The summed E-state index contributed by atoms with van der Waals surface area (Å²) in [7, 11) is -4.46. The fraction of sp³-hybridized carbons (Fsp3) is 0.579. The van der Waals surface area contributed by atoms with Crippen LogP contribution >= 0.6 is 7.75 Å². The number of aliphatic imine (C=N–C) groups is 1. The minimum atomic E-state index is -4.46. The van der Waals surface area contributed by atoms with Crippen LogP contribution in [-0.4, -0.2) is 82.8 Å². The molecule has 3 N–H and O–H groups in total. The number of carbonyl (C=O) groups is 3. The number of rotatable bonds is 16. The zero-order valence-electron chi connectivity index (χ0n) is 32.7. The Labute approximate surface area is 321 Å². The molecule has 16 nitrogen and oxygen atoms in total. The third kappa shape index (κ3) is 9.37. The average molecular weight is 785 g/mol. The first-order chi connectivity index (χ1) is 25.9. The average Bonchev–Trinajstić information content (AvgIpc) is 3.66. The van der Waals surface area contributed by atoms with Gasteiger partial charge in [-0.15, -0.1) is 0 Å². The van der Waals surface area contributed by atoms with Crippen molar-refractivity contribution < 1.29 is 46.9 Å². The Morgan fingerprint density at radius 2 is 1.67 bits per heavy atom. The van der Waals surface area contributed by atoms with Crippen molar-refractivity contribution in [2.24, 2.45) is 16.8 Å². The third-order valence-corrected chi connectivity index (χ3v) is 11.2. The SMILES string of the molecule is C=NC[C@@]1(c2ccc3c(N)ncnn23)O[C@H](COP(=O)(N[C@@H](C)C(=O)OC2CCC2)Oc2ccc(C(C)(C)C)cc2)[C@@H](OC(=O)C(C)C)[C@H]1OC(=O)C(C)C. The molecule has 3 aromatic rings. The molecule has 5 rings (SSSR count). The Hall–Kier alpha value is -4.37. The molecule has 2 fully saturated rings. The first-order valence-electron chi connectivity index (χ1n) is 18.5. The molecule has 1 saturated carbocycles. The Morgan fingerprint density at radius 1 is 1.02 bits per heavy atom. The first kappa shape index (κ1) is 41.8. The molecular formula is C38H53N6O10P. The minimum Gasteiger partial charge on any atom is -0.461 e. The number of aromatic nitrogens is 3. The van der Waals surface area contributed by atoms with Crippen molar-refractivity contribution in [3.05, 3.63) is 54.0 Å². The predicted molar refractivity (Wildman–Crippen MR) is 203 cm³/mol. The predicted octanol–water partition coefficient (Wildman–Crippen LogP) is 5.32. The van der Waals surface area contributed by atoms with E-state index in [4.69, 9.17) is 33.7 Å². The maximum atomic E-state index is 14.7. The molecule has 1 aliphatic heterocycles. The van der Waals surface area contributed by atoms with Crippen molar-refractivity contribution in [3.8, 4) is 5.75 Å². The number of nitrogen functional groups attached to an aromatic ring is 1. The first-order valence-corrected chi connectivity index (χ1v) is 20.0. The molecule has 1 unspecified atom stereocenters. The molecule has 6 atom stereocenters. The highest BCUT2D eigenvalue weighted by Gasteiger charge is 2.62. The van der Waals surface area contributed by atoms with Crippen molar-refractivity contribution in [3.63, 3.8) is 0 Å². The number of ether oxygens (including phenoxy) is 4. The second-order valence-electron chi connectivity index (χ2n) is 15.7. The van der Waals surface area contributed by atoms with Gasteiger partial charge in [0, 0.05) is 0 Å². The number of nitrogens with zero attached hydrogens (tertiary/aromatic N) is 4. The molecule has 0 spiro atoms. The van der Waals surface area contributed by atoms with E-state index in [0.29, 0.717) is 11.2 Å². The maximum Gasteiger partial charge on any atom is 0.459 e. The van der Waals surface area contributed by atoms with Crippen LogP contribution in [0.15, 0.2) is 47.7 Å². The quantitative estimate of drug-likeness (QED) is 0.0818. The monoisotopic (exact) mass is 784 g/mol. The van der Waals surface area contributed by atoms with Crippen LogP contribution in [0.5, 0.6) is 5.75 Å². The number of esters is 3. The Bertz CT molecular complexity index is 1910. The van der Waals surface area contributed by atoms with E-state index in [0.717, 1.165) is 24.8 Å². The van der Waals surface area contributed by atoms with Crippen LogP contribution < -0.4 is 15.3 Å². The van der Waals surface area contributed by atoms with Crippen LogP contribution in [-0.2, 0) is 53.4 Å². The van der Waals surface area contributed by atoms with Gasteiger partial charge in [-0.3, -0.25) is 23.9 Å². The van der Waals surface area contributed by atoms with Crippen molar-refractivity contribution >= 4 is 43.7 Å². The van der Waals surface area contributed by atoms with Crippen LogP contribution in [0.4, 0.5) is 5.82 Å². The molecule has 1 saturated heterocycles. The molecule has 0 amide bonds. The lowest BCUT2D eigenvalue weighted by Gasteiger charge is -2.33. The number of nitrogens with one attached hydrogen (secondary N) is 1. The van der Waals surface area contributed by atoms with Gasteiger partial charge in [-0.05, 0) is 68.1 Å². The topological polar surface area (TPSA) is 204 Å². The fourth-order valence-corrected chi connectivity index (χ4v) is 7.64. The fourth-order valence-electron chi connectivity index (χ4n) is 6.14. The molecule has 0 radical (unpaired) electrons. The Balaban J connectivity index is 1.55. The summed E-state index contributed by atoms with van der Waals surface area (Å²) in [5, 5.41) is 7.11. The number of nitrogens with two attached hydrogens (primary N) is 1. The Morgan fingerprint density at radius 3 is 2.25 bits per heavy atom. The summed E-state index contributed by atoms with van der Waals surface area (Å²) >= 11 is 0. The van der Waals surface area contributed by atoms with Crippen LogP contribution in [0.2, 0.25) is 0 Å². The van der Waals surface area contributed by atoms with Crippen LogP contribution in [0, 0.1) is 11.8 Å². The van der Waals surface area contributed by atoms with Gasteiger partial charge in [-0.2, -0.15) is 10.2 Å². The highest BCUT2D eigenvalue weighted by atomic mass is 31.2. The molecule has 17 heteroatoms. The molecule has 1 aliphatic carbocycles. The van der Waals surface area contributed by atoms with Crippen molar-refractivity contribution in [1.29, 1.82) is 0 Å². The van der Waals surface area contributed by atoms with E-state index in [9.17, 15) is 18.9 Å². The lowest BCUT2D eigenvalue weighted by Crippen LogP contribution is -2.49. The van der Waals surface area contributed by atoms with Crippen molar-refractivity contribution in [2.75, 3.05) is 18.9 Å². The van der Waals surface area contributed by atoms with E-state index in [1.165, 1.54) is 17.8 Å². The summed E-state index contributed by atoms with van der Waals surface area (Å²) < 4.78 is 52.9. The zero-order valence-corrected chi connectivity index (χ0v) is 33.6. The van der Waals surface area contributed by atoms with Crippen LogP contribution in [0.1, 0.15) is 85.9 Å². The van der Waals surface area contributed by atoms with Gasteiger partial charge in [0.1, 0.15) is 35.8 Å². The molecule has 300 valence electrons. The van der Waals surface area contributed by atoms with Gasteiger partial charge in [-0.1, -0.05) is 60.6 Å². The smallest absolute Gasteiger partial charge is 0.459 e. The van der Waals surface area contributed by atoms with E-state index < -0.39 is 74.1 Å². The van der Waals surface area contributed by atoms with Crippen molar-refractivity contribution in [2.45, 2.75) is 116 Å². The largest absolute Gasteiger partial charge is 0.461 e. The van der Waals surface area contributed by atoms with Gasteiger partial charge >= 0.3 is 25.7 Å². The van der Waals surface area contributed by atoms with E-state index in [2.05, 4.69) is 47.7 Å². The van der Waals surface area contributed by atoms with E-state index in [-0.39, 0.29) is 29.6 Å². The lowest BCUT2D eigenvalue weighted by atomic mass is 9.87. The number of fused-ring (bicyclic) bond motifs is 1. The zero-order chi connectivity index (χ0) is 40.3. The standard InChI is InChI=1S/C38H53N6O10P/c1-22(2)34(45)51-31-29(53-38(20-40-9,32(31)52-35(46)23(3)4)30-18-17-28-33(39)41-21-42-44(28)30)19-49-55(48,43-24(5)36(47)50-26-11-10-12-26)54-27-15-13-25(14-16-27)37(6,7)8/h13-18,21-24,26,29,31-32H,9-12,19-20H2,1-8H3,(H,43,48)(H2,39,41,42)/t24-,29+,31+,32+,38-,55?/m0/s1. The van der Waals surface area contributed by atoms with Gasteiger partial charge < -0.3 is 29.2 Å². The summed E-state index contributed by atoms with van der Waals surface area (Å²) in [5.41, 5.74) is 6.10. The summed E-state index contributed by atoms with van der Waals surface area (Å²) in [6, 6.07) is 9.22. The molecule has 2 aliphatic rings. The second-order valence-corrected chi connectivity index (χ2v) is 17.4. The number of hydrogen-bond donors (Lipinski definition) is 2. The number of hydrogen-bond acceptors (Lipinski definition) is 14. The van der Waals surface area contributed by atoms with E-state index in [1.807, 2.05) is 12.1 Å². The van der Waals surface area contributed by atoms with E-state index in [1.54, 1.807) is 52.0 Å². The van der Waals surface area contributed by atoms with Gasteiger partial charge in [0.05, 0.1) is 30.7 Å². The number of anilines is 1. The normalized spacial score (nSPS) is 23.2. The van der Waals surface area contributed by atoms with Crippen LogP contribution in [0.25, 0.3) is 5.52 Å². The number of benzene rings is 1. The van der Waals surface area contributed by atoms with Crippen LogP contribution in [0.3, 0.4) is 0 Å².